The summed E-state index contributed by atoms with van der Waals surface area (Å²) in [5.74, 6) is 3.61. The van der Waals surface area contributed by atoms with Gasteiger partial charge in [-0.25, -0.2) is 9.97 Å². The molecule has 0 fully saturated rings. The minimum absolute atomic E-state index is 0.223. The van der Waals surface area contributed by atoms with Crippen LogP contribution in [-0.4, -0.2) is 16.8 Å². The molecule has 27 heavy (non-hydrogen) atoms. The number of benzene rings is 3. The highest BCUT2D eigenvalue weighted by atomic mass is 16.7. The first-order chi connectivity index (χ1) is 13.3. The molecule has 1 aliphatic rings. The van der Waals surface area contributed by atoms with Crippen LogP contribution in [0.15, 0.2) is 73.1 Å². The van der Waals surface area contributed by atoms with Crippen LogP contribution < -0.4 is 19.5 Å². The highest BCUT2D eigenvalue weighted by molar-refractivity contribution is 5.93. The maximum absolute atomic E-state index is 5.90. The summed E-state index contributed by atoms with van der Waals surface area (Å²) in [5.41, 5.74) is 1.65. The molecule has 2 heterocycles. The Morgan fingerprint density at radius 2 is 1.63 bits per heavy atom. The van der Waals surface area contributed by atoms with Gasteiger partial charge in [0.15, 0.2) is 11.5 Å². The number of para-hydroxylation sites is 1. The van der Waals surface area contributed by atoms with Gasteiger partial charge < -0.3 is 19.5 Å². The van der Waals surface area contributed by atoms with Crippen molar-refractivity contribution >= 4 is 22.4 Å². The predicted molar refractivity (Wildman–Crippen MR) is 102 cm³/mol. The van der Waals surface area contributed by atoms with E-state index in [1.807, 2.05) is 66.7 Å². The summed E-state index contributed by atoms with van der Waals surface area (Å²) in [6.07, 6.45) is 1.52. The van der Waals surface area contributed by atoms with Gasteiger partial charge in [-0.2, -0.15) is 0 Å². The van der Waals surface area contributed by atoms with Gasteiger partial charge in [0.1, 0.15) is 23.6 Å². The van der Waals surface area contributed by atoms with Crippen LogP contribution in [0.4, 0.5) is 11.5 Å². The highest BCUT2D eigenvalue weighted by Crippen LogP contribution is 2.37. The van der Waals surface area contributed by atoms with E-state index in [1.54, 1.807) is 0 Å². The number of anilines is 2. The van der Waals surface area contributed by atoms with Crippen LogP contribution in [0.1, 0.15) is 0 Å². The van der Waals surface area contributed by atoms with Crippen LogP contribution in [-0.2, 0) is 0 Å². The lowest BCUT2D eigenvalue weighted by atomic mass is 10.2. The second kappa shape index (κ2) is 6.49. The topological polar surface area (TPSA) is 65.5 Å². The molecular formula is C21H15N3O3. The molecule has 6 heteroatoms. The standard InChI is InChI=1S/C21H15N3O3/c1-2-6-15(7-3-1)27-16-8-4-5-14(9-16)24-21-17-10-19-20(26-13-25-19)11-18(17)22-12-23-21/h1-12H,13H2,(H,22,23,24). The fraction of sp³-hybridized carbons (Fsp3) is 0.0476. The third kappa shape index (κ3) is 3.08. The number of aromatic nitrogens is 2. The van der Waals surface area contributed by atoms with Gasteiger partial charge in [0.2, 0.25) is 6.79 Å². The Morgan fingerprint density at radius 3 is 2.52 bits per heavy atom. The van der Waals surface area contributed by atoms with Crippen molar-refractivity contribution in [1.29, 1.82) is 0 Å². The third-order valence-corrected chi connectivity index (χ3v) is 4.21. The van der Waals surface area contributed by atoms with Crippen LogP contribution in [0, 0.1) is 0 Å². The minimum atomic E-state index is 0.223. The van der Waals surface area contributed by atoms with Gasteiger partial charge in [0, 0.05) is 23.2 Å². The van der Waals surface area contributed by atoms with Gasteiger partial charge in [-0.1, -0.05) is 24.3 Å². The molecule has 0 atom stereocenters. The molecule has 1 aliphatic heterocycles. The molecule has 1 aromatic heterocycles. The number of ether oxygens (including phenoxy) is 3. The summed E-state index contributed by atoms with van der Waals surface area (Å²) in [6.45, 7) is 0.223. The van der Waals surface area contributed by atoms with E-state index >= 15 is 0 Å². The van der Waals surface area contributed by atoms with Gasteiger partial charge in [0.25, 0.3) is 0 Å². The number of hydrogen-bond donors (Lipinski definition) is 1. The Labute approximate surface area is 155 Å². The number of nitrogens with zero attached hydrogens (tertiary/aromatic N) is 2. The second-order valence-electron chi connectivity index (χ2n) is 6.01. The Bertz CT molecular complexity index is 1120. The fourth-order valence-corrected chi connectivity index (χ4v) is 2.94. The summed E-state index contributed by atoms with van der Waals surface area (Å²) in [5, 5.41) is 4.19. The third-order valence-electron chi connectivity index (χ3n) is 4.21. The summed E-state index contributed by atoms with van der Waals surface area (Å²) < 4.78 is 16.8. The largest absolute Gasteiger partial charge is 0.457 e. The molecule has 0 saturated carbocycles. The Morgan fingerprint density at radius 1 is 0.815 bits per heavy atom. The average Bonchev–Trinajstić information content (AvgIpc) is 3.15. The molecule has 0 unspecified atom stereocenters. The number of hydrogen-bond acceptors (Lipinski definition) is 6. The normalized spacial score (nSPS) is 12.1. The van der Waals surface area contributed by atoms with Crippen LogP contribution in [0.3, 0.4) is 0 Å². The van der Waals surface area contributed by atoms with Gasteiger partial charge >= 0.3 is 0 Å². The van der Waals surface area contributed by atoms with Crippen molar-refractivity contribution in [3.8, 4) is 23.0 Å². The molecule has 0 saturated heterocycles. The zero-order valence-electron chi connectivity index (χ0n) is 14.3. The van der Waals surface area contributed by atoms with E-state index in [1.165, 1.54) is 6.33 Å². The molecule has 0 amide bonds. The van der Waals surface area contributed by atoms with Crippen molar-refractivity contribution in [2.24, 2.45) is 0 Å². The monoisotopic (exact) mass is 357 g/mol. The average molecular weight is 357 g/mol. The Kier molecular flexibility index (Phi) is 3.72. The van der Waals surface area contributed by atoms with E-state index in [0.29, 0.717) is 17.3 Å². The number of nitrogens with one attached hydrogen (secondary N) is 1. The van der Waals surface area contributed by atoms with E-state index in [2.05, 4.69) is 15.3 Å². The molecule has 6 nitrogen and oxygen atoms in total. The van der Waals surface area contributed by atoms with E-state index in [-0.39, 0.29) is 6.79 Å². The number of fused-ring (bicyclic) bond motifs is 2. The quantitative estimate of drug-likeness (QED) is 0.561. The van der Waals surface area contributed by atoms with Crippen LogP contribution in [0.2, 0.25) is 0 Å². The van der Waals surface area contributed by atoms with Crippen molar-refractivity contribution in [2.75, 3.05) is 12.1 Å². The van der Waals surface area contributed by atoms with Crippen molar-refractivity contribution in [2.45, 2.75) is 0 Å². The zero-order chi connectivity index (χ0) is 18.1. The molecule has 5 rings (SSSR count). The maximum Gasteiger partial charge on any atom is 0.231 e. The van der Waals surface area contributed by atoms with Crippen LogP contribution in [0.25, 0.3) is 10.9 Å². The molecule has 0 radical (unpaired) electrons. The van der Waals surface area contributed by atoms with Crippen molar-refractivity contribution in [3.63, 3.8) is 0 Å². The first-order valence-electron chi connectivity index (χ1n) is 8.49. The van der Waals surface area contributed by atoms with Crippen molar-refractivity contribution in [3.05, 3.63) is 73.1 Å². The van der Waals surface area contributed by atoms with E-state index in [0.717, 1.165) is 28.1 Å². The summed E-state index contributed by atoms with van der Waals surface area (Å²) in [6, 6.07) is 21.1. The Hall–Kier alpha value is -3.80. The molecule has 1 N–H and O–H groups in total. The van der Waals surface area contributed by atoms with Crippen molar-refractivity contribution < 1.29 is 14.2 Å². The van der Waals surface area contributed by atoms with Crippen LogP contribution >= 0.6 is 0 Å². The zero-order valence-corrected chi connectivity index (χ0v) is 14.3. The summed E-state index contributed by atoms with van der Waals surface area (Å²) in [4.78, 5) is 8.70. The molecule has 0 spiro atoms. The van der Waals surface area contributed by atoms with Crippen LogP contribution in [0.5, 0.6) is 23.0 Å². The SMILES string of the molecule is c1ccc(Oc2cccc(Nc3ncnc4cc5c(cc34)OCO5)c2)cc1. The smallest absolute Gasteiger partial charge is 0.231 e. The van der Waals surface area contributed by atoms with E-state index in [9.17, 15) is 0 Å². The van der Waals surface area contributed by atoms with E-state index in [4.69, 9.17) is 14.2 Å². The second-order valence-corrected chi connectivity index (χ2v) is 6.01. The molecule has 0 aliphatic carbocycles. The van der Waals surface area contributed by atoms with E-state index < -0.39 is 0 Å². The molecule has 132 valence electrons. The minimum Gasteiger partial charge on any atom is -0.457 e. The van der Waals surface area contributed by atoms with Gasteiger partial charge in [-0.15, -0.1) is 0 Å². The molecule has 4 aromatic rings. The number of rotatable bonds is 4. The first kappa shape index (κ1) is 15.5. The molecule has 3 aromatic carbocycles. The lowest BCUT2D eigenvalue weighted by Gasteiger charge is -2.11. The van der Waals surface area contributed by atoms with Gasteiger partial charge in [0.05, 0.1) is 5.52 Å². The van der Waals surface area contributed by atoms with Gasteiger partial charge in [-0.3, -0.25) is 0 Å². The molecular weight excluding hydrogens is 342 g/mol. The van der Waals surface area contributed by atoms with Crippen molar-refractivity contribution in [1.82, 2.24) is 9.97 Å². The Balaban J connectivity index is 1.46. The first-order valence-corrected chi connectivity index (χ1v) is 8.49. The summed E-state index contributed by atoms with van der Waals surface area (Å²) >= 11 is 0. The molecule has 0 bridgehead atoms. The van der Waals surface area contributed by atoms with Gasteiger partial charge in [-0.05, 0) is 30.3 Å². The maximum atomic E-state index is 5.90. The summed E-state index contributed by atoms with van der Waals surface area (Å²) in [7, 11) is 0. The fourth-order valence-electron chi connectivity index (χ4n) is 2.94. The lowest BCUT2D eigenvalue weighted by molar-refractivity contribution is 0.174. The highest BCUT2D eigenvalue weighted by Gasteiger charge is 2.16. The predicted octanol–water partition coefficient (Wildman–Crippen LogP) is 4.89. The lowest BCUT2D eigenvalue weighted by Crippen LogP contribution is -1.96.